The van der Waals surface area contributed by atoms with E-state index >= 15 is 0 Å². The van der Waals surface area contributed by atoms with Crippen molar-refractivity contribution in [3.05, 3.63) is 0 Å². The van der Waals surface area contributed by atoms with Gasteiger partial charge < -0.3 is 11.1 Å². The maximum Gasteiger partial charge on any atom is 0.223 e. The van der Waals surface area contributed by atoms with E-state index in [0.717, 1.165) is 32.4 Å². The van der Waals surface area contributed by atoms with Crippen LogP contribution in [-0.4, -0.2) is 19.0 Å². The first-order valence-corrected chi connectivity index (χ1v) is 7.34. The van der Waals surface area contributed by atoms with E-state index in [1.54, 1.807) is 0 Å². The van der Waals surface area contributed by atoms with Gasteiger partial charge in [0.2, 0.25) is 5.91 Å². The van der Waals surface area contributed by atoms with Gasteiger partial charge in [-0.25, -0.2) is 0 Å². The molecule has 0 saturated heterocycles. The third kappa shape index (κ3) is 4.27. The van der Waals surface area contributed by atoms with Gasteiger partial charge >= 0.3 is 0 Å². The molecule has 106 valence electrons. The van der Waals surface area contributed by atoms with Gasteiger partial charge in [0.1, 0.15) is 0 Å². The zero-order valence-electron chi connectivity index (χ0n) is 12.5. The second-order valence-corrected chi connectivity index (χ2v) is 6.83. The summed E-state index contributed by atoms with van der Waals surface area (Å²) < 4.78 is 0. The van der Waals surface area contributed by atoms with Crippen molar-refractivity contribution in [3.8, 4) is 0 Å². The summed E-state index contributed by atoms with van der Waals surface area (Å²) in [7, 11) is 0. The van der Waals surface area contributed by atoms with Gasteiger partial charge in [0.05, 0.1) is 0 Å². The Hall–Kier alpha value is -0.570. The lowest BCUT2D eigenvalue weighted by Gasteiger charge is -2.32. The second-order valence-electron chi connectivity index (χ2n) is 6.83. The summed E-state index contributed by atoms with van der Waals surface area (Å²) in [5.74, 6) is 1.55. The highest BCUT2D eigenvalue weighted by atomic mass is 16.1. The summed E-state index contributed by atoms with van der Waals surface area (Å²) >= 11 is 0. The van der Waals surface area contributed by atoms with Gasteiger partial charge in [-0.2, -0.15) is 0 Å². The molecule has 0 aromatic rings. The van der Waals surface area contributed by atoms with Crippen molar-refractivity contribution < 1.29 is 4.79 Å². The summed E-state index contributed by atoms with van der Waals surface area (Å²) in [4.78, 5) is 12.2. The van der Waals surface area contributed by atoms with Crippen LogP contribution in [0.3, 0.4) is 0 Å². The highest BCUT2D eigenvalue weighted by molar-refractivity contribution is 5.78. The van der Waals surface area contributed by atoms with Crippen LogP contribution in [-0.2, 0) is 4.79 Å². The Morgan fingerprint density at radius 1 is 1.39 bits per heavy atom. The summed E-state index contributed by atoms with van der Waals surface area (Å²) in [5, 5.41) is 3.14. The van der Waals surface area contributed by atoms with E-state index in [1.807, 2.05) is 0 Å². The molecule has 1 rings (SSSR count). The van der Waals surface area contributed by atoms with E-state index in [-0.39, 0.29) is 17.2 Å². The molecule has 3 N–H and O–H groups in total. The normalized spacial score (nSPS) is 25.2. The maximum atomic E-state index is 12.2. The molecular weight excluding hydrogens is 224 g/mol. The van der Waals surface area contributed by atoms with Gasteiger partial charge in [-0.15, -0.1) is 0 Å². The molecule has 1 amide bonds. The minimum atomic E-state index is 0.164. The van der Waals surface area contributed by atoms with E-state index in [9.17, 15) is 4.79 Å². The number of rotatable bonds is 5. The molecule has 0 spiro atoms. The third-order valence-electron chi connectivity index (χ3n) is 4.77. The van der Waals surface area contributed by atoms with E-state index in [4.69, 9.17) is 5.73 Å². The first-order chi connectivity index (χ1) is 8.36. The lowest BCUT2D eigenvalue weighted by atomic mass is 9.79. The molecule has 0 aromatic heterocycles. The highest BCUT2D eigenvalue weighted by Crippen LogP contribution is 2.29. The van der Waals surface area contributed by atoms with E-state index < -0.39 is 0 Å². The smallest absolute Gasteiger partial charge is 0.223 e. The van der Waals surface area contributed by atoms with Gasteiger partial charge in [0.15, 0.2) is 0 Å². The van der Waals surface area contributed by atoms with Crippen LogP contribution in [0.15, 0.2) is 0 Å². The quantitative estimate of drug-likeness (QED) is 0.792. The van der Waals surface area contributed by atoms with Crippen LogP contribution in [0.25, 0.3) is 0 Å². The van der Waals surface area contributed by atoms with Crippen molar-refractivity contribution >= 4 is 5.91 Å². The fourth-order valence-electron chi connectivity index (χ4n) is 2.41. The molecule has 18 heavy (non-hydrogen) atoms. The molecule has 3 heteroatoms. The van der Waals surface area contributed by atoms with Crippen molar-refractivity contribution in [3.63, 3.8) is 0 Å². The fourth-order valence-corrected chi connectivity index (χ4v) is 2.41. The summed E-state index contributed by atoms with van der Waals surface area (Å²) in [6.07, 6.45) is 4.35. The molecule has 3 nitrogen and oxygen atoms in total. The molecule has 0 aliphatic heterocycles. The zero-order chi connectivity index (χ0) is 13.8. The average molecular weight is 254 g/mol. The Balaban J connectivity index is 2.41. The molecule has 2 atom stereocenters. The molecule has 0 aromatic carbocycles. The minimum absolute atomic E-state index is 0.164. The van der Waals surface area contributed by atoms with Crippen molar-refractivity contribution in [1.29, 1.82) is 0 Å². The zero-order valence-corrected chi connectivity index (χ0v) is 12.5. The molecule has 1 fully saturated rings. The lowest BCUT2D eigenvalue weighted by molar-refractivity contribution is -0.127. The number of carbonyl (C=O) groups excluding carboxylic acids is 1. The van der Waals surface area contributed by atoms with E-state index in [1.165, 1.54) is 6.42 Å². The molecule has 2 unspecified atom stereocenters. The van der Waals surface area contributed by atoms with E-state index in [2.05, 4.69) is 33.0 Å². The van der Waals surface area contributed by atoms with Crippen LogP contribution in [0.2, 0.25) is 0 Å². The van der Waals surface area contributed by atoms with Crippen LogP contribution >= 0.6 is 0 Å². The Kier molecular flexibility index (Phi) is 5.64. The lowest BCUT2D eigenvalue weighted by Crippen LogP contribution is -2.41. The second kappa shape index (κ2) is 6.55. The number of amides is 1. The molecule has 1 saturated carbocycles. The summed E-state index contributed by atoms with van der Waals surface area (Å²) in [6, 6.07) is 0. The first-order valence-electron chi connectivity index (χ1n) is 7.34. The maximum absolute atomic E-state index is 12.2. The van der Waals surface area contributed by atoms with Crippen LogP contribution in [0.1, 0.15) is 53.4 Å². The predicted octanol–water partition coefficient (Wildman–Crippen LogP) is 2.55. The topological polar surface area (TPSA) is 55.1 Å². The molecule has 1 aliphatic carbocycles. The largest absolute Gasteiger partial charge is 0.355 e. The Labute approximate surface area is 112 Å². The van der Waals surface area contributed by atoms with Gasteiger partial charge in [-0.05, 0) is 43.1 Å². The summed E-state index contributed by atoms with van der Waals surface area (Å²) in [6.45, 7) is 10.3. The van der Waals surface area contributed by atoms with Crippen LogP contribution in [0.4, 0.5) is 0 Å². The number of nitrogens with two attached hydrogens (primary N) is 1. The average Bonchev–Trinajstić information content (AvgIpc) is 2.36. The number of nitrogens with one attached hydrogen (secondary N) is 1. The number of hydrogen-bond acceptors (Lipinski definition) is 2. The highest BCUT2D eigenvalue weighted by Gasteiger charge is 2.28. The third-order valence-corrected chi connectivity index (χ3v) is 4.77. The van der Waals surface area contributed by atoms with Crippen LogP contribution in [0, 0.1) is 23.2 Å². The van der Waals surface area contributed by atoms with E-state index in [0.29, 0.717) is 11.8 Å². The number of hydrogen-bond donors (Lipinski definition) is 2. The predicted molar refractivity (Wildman–Crippen MR) is 76.1 cm³/mol. The standard InChI is InChI=1S/C15H30N2O/c1-11(2)15(3,4)10-17-14(18)13-7-5-6-12(8-13)9-16/h11-13H,5-10,16H2,1-4H3,(H,17,18). The monoisotopic (exact) mass is 254 g/mol. The van der Waals surface area contributed by atoms with Crippen molar-refractivity contribution in [2.75, 3.05) is 13.1 Å². The fraction of sp³-hybridized carbons (Fsp3) is 0.933. The molecule has 0 heterocycles. The Morgan fingerprint density at radius 3 is 2.61 bits per heavy atom. The Bertz CT molecular complexity index is 274. The van der Waals surface area contributed by atoms with Gasteiger partial charge in [0.25, 0.3) is 0 Å². The Morgan fingerprint density at radius 2 is 2.06 bits per heavy atom. The minimum Gasteiger partial charge on any atom is -0.355 e. The van der Waals surface area contributed by atoms with Gasteiger partial charge in [-0.3, -0.25) is 4.79 Å². The molecule has 1 aliphatic rings. The van der Waals surface area contributed by atoms with Crippen molar-refractivity contribution in [2.45, 2.75) is 53.4 Å². The van der Waals surface area contributed by atoms with Gasteiger partial charge in [-0.1, -0.05) is 34.1 Å². The molecule has 0 bridgehead atoms. The SMILES string of the molecule is CC(C)C(C)(C)CNC(=O)C1CCCC(CN)C1. The summed E-state index contributed by atoms with van der Waals surface area (Å²) in [5.41, 5.74) is 5.88. The van der Waals surface area contributed by atoms with Gasteiger partial charge in [0, 0.05) is 12.5 Å². The first kappa shape index (κ1) is 15.5. The van der Waals surface area contributed by atoms with Crippen LogP contribution < -0.4 is 11.1 Å². The van der Waals surface area contributed by atoms with Crippen molar-refractivity contribution in [2.24, 2.45) is 28.9 Å². The molecular formula is C15H30N2O. The number of carbonyl (C=O) groups is 1. The van der Waals surface area contributed by atoms with Crippen LogP contribution in [0.5, 0.6) is 0 Å². The van der Waals surface area contributed by atoms with Crippen molar-refractivity contribution in [1.82, 2.24) is 5.32 Å². The molecule has 0 radical (unpaired) electrons.